The van der Waals surface area contributed by atoms with Gasteiger partial charge in [-0.1, -0.05) is 6.42 Å². The summed E-state index contributed by atoms with van der Waals surface area (Å²) in [6.45, 7) is 1.70. The molecule has 0 bridgehead atoms. The molecule has 4 rings (SSSR count). The topological polar surface area (TPSA) is 87.9 Å². The highest BCUT2D eigenvalue weighted by atomic mass is 16.3. The number of nitrogens with zero attached hydrogens (tertiary/aromatic N) is 4. The Balaban J connectivity index is 1.67. The van der Waals surface area contributed by atoms with Crippen molar-refractivity contribution < 1.29 is 5.11 Å². The average Bonchev–Trinajstić information content (AvgIpc) is 3.06. The second-order valence-corrected chi connectivity index (χ2v) is 7.20. The molecule has 3 N–H and O–H groups in total. The summed E-state index contributed by atoms with van der Waals surface area (Å²) in [7, 11) is 1.94. The molecular weight excluding hydrogens is 340 g/mol. The zero-order valence-electron chi connectivity index (χ0n) is 15.6. The van der Waals surface area contributed by atoms with Gasteiger partial charge in [0, 0.05) is 42.6 Å². The highest BCUT2D eigenvalue weighted by Gasteiger charge is 2.29. The summed E-state index contributed by atoms with van der Waals surface area (Å²) in [5.41, 5.74) is 1.89. The van der Waals surface area contributed by atoms with Gasteiger partial charge in [0.25, 0.3) is 0 Å². The van der Waals surface area contributed by atoms with Gasteiger partial charge in [-0.2, -0.15) is 0 Å². The Morgan fingerprint density at radius 1 is 1.15 bits per heavy atom. The van der Waals surface area contributed by atoms with E-state index < -0.39 is 5.72 Å². The molecular formula is C20H26N6O. The van der Waals surface area contributed by atoms with Crippen LogP contribution in [0.15, 0.2) is 36.8 Å². The van der Waals surface area contributed by atoms with Gasteiger partial charge in [0.2, 0.25) is 5.95 Å². The Morgan fingerprint density at radius 3 is 2.81 bits per heavy atom. The van der Waals surface area contributed by atoms with E-state index in [0.29, 0.717) is 5.95 Å². The molecule has 3 aromatic rings. The van der Waals surface area contributed by atoms with Crippen molar-refractivity contribution in [1.82, 2.24) is 24.8 Å². The van der Waals surface area contributed by atoms with Crippen molar-refractivity contribution in [2.45, 2.75) is 44.4 Å². The molecule has 0 atom stereocenters. The van der Waals surface area contributed by atoms with Crippen LogP contribution in [-0.4, -0.2) is 43.9 Å². The van der Waals surface area contributed by atoms with Gasteiger partial charge in [0.05, 0.1) is 5.69 Å². The van der Waals surface area contributed by atoms with E-state index in [0.717, 1.165) is 61.1 Å². The summed E-state index contributed by atoms with van der Waals surface area (Å²) in [5, 5.41) is 18.1. The molecule has 27 heavy (non-hydrogen) atoms. The van der Waals surface area contributed by atoms with Crippen LogP contribution in [-0.2, 0) is 6.54 Å². The van der Waals surface area contributed by atoms with Crippen molar-refractivity contribution >= 4 is 17.0 Å². The normalized spacial score (nSPS) is 16.5. The summed E-state index contributed by atoms with van der Waals surface area (Å²) < 4.78 is 2.14. The van der Waals surface area contributed by atoms with Crippen molar-refractivity contribution in [2.75, 3.05) is 18.9 Å². The van der Waals surface area contributed by atoms with Gasteiger partial charge in [-0.15, -0.1) is 0 Å². The second-order valence-electron chi connectivity index (χ2n) is 7.20. The summed E-state index contributed by atoms with van der Waals surface area (Å²) in [6, 6.07) is 5.91. The minimum atomic E-state index is -0.904. The maximum atomic E-state index is 10.7. The van der Waals surface area contributed by atoms with E-state index >= 15 is 0 Å². The smallest absolute Gasteiger partial charge is 0.225 e. The number of aliphatic hydroxyl groups is 1. The first kappa shape index (κ1) is 17.9. The largest absolute Gasteiger partial charge is 0.371 e. The Morgan fingerprint density at radius 2 is 2.00 bits per heavy atom. The minimum absolute atomic E-state index is 0.469. The van der Waals surface area contributed by atoms with E-state index in [-0.39, 0.29) is 0 Å². The standard InChI is InChI=1S/C20H26N6O/c1-21-12-13-26-14-16(15-6-5-10-22-18(15)26)17-7-11-23-19(24-17)25-20(27)8-3-2-4-9-20/h5-7,10-11,14,21,27H,2-4,8-9,12-13H2,1H3,(H,23,24,25). The maximum Gasteiger partial charge on any atom is 0.225 e. The lowest BCUT2D eigenvalue weighted by molar-refractivity contribution is 0.0309. The number of nitrogens with one attached hydrogen (secondary N) is 2. The Labute approximate surface area is 158 Å². The molecule has 0 aliphatic heterocycles. The van der Waals surface area contributed by atoms with E-state index in [2.05, 4.69) is 42.4 Å². The van der Waals surface area contributed by atoms with Crippen LogP contribution in [0.5, 0.6) is 0 Å². The van der Waals surface area contributed by atoms with Gasteiger partial charge in [0.15, 0.2) is 0 Å². The Hall–Kier alpha value is -2.51. The number of likely N-dealkylation sites (N-methyl/N-ethyl adjacent to an activating group) is 1. The lowest BCUT2D eigenvalue weighted by Crippen LogP contribution is -2.40. The SMILES string of the molecule is CNCCn1cc(-c2ccnc(NC3(O)CCCCC3)n2)c2cccnc21. The van der Waals surface area contributed by atoms with E-state index in [1.54, 1.807) is 6.20 Å². The predicted molar refractivity (Wildman–Crippen MR) is 106 cm³/mol. The molecule has 0 radical (unpaired) electrons. The van der Waals surface area contributed by atoms with Crippen molar-refractivity contribution in [1.29, 1.82) is 0 Å². The molecule has 0 amide bonds. The second kappa shape index (κ2) is 7.62. The minimum Gasteiger partial charge on any atom is -0.371 e. The fraction of sp³-hybridized carbons (Fsp3) is 0.450. The lowest BCUT2D eigenvalue weighted by Gasteiger charge is -2.32. The summed E-state index contributed by atoms with van der Waals surface area (Å²) in [6.07, 6.45) is 10.3. The van der Waals surface area contributed by atoms with Crippen molar-refractivity contribution in [3.63, 3.8) is 0 Å². The zero-order chi connectivity index (χ0) is 18.7. The number of hydrogen-bond donors (Lipinski definition) is 3. The van der Waals surface area contributed by atoms with E-state index in [1.165, 1.54) is 6.42 Å². The maximum absolute atomic E-state index is 10.7. The van der Waals surface area contributed by atoms with Gasteiger partial charge in [-0.3, -0.25) is 0 Å². The summed E-state index contributed by atoms with van der Waals surface area (Å²) >= 11 is 0. The Bertz CT molecular complexity index is 916. The molecule has 3 aromatic heterocycles. The fourth-order valence-corrected chi connectivity index (χ4v) is 3.77. The first-order valence-electron chi connectivity index (χ1n) is 9.61. The monoisotopic (exact) mass is 366 g/mol. The lowest BCUT2D eigenvalue weighted by atomic mass is 9.92. The van der Waals surface area contributed by atoms with Crippen LogP contribution in [0.2, 0.25) is 0 Å². The average molecular weight is 366 g/mol. The number of rotatable bonds is 6. The highest BCUT2D eigenvalue weighted by molar-refractivity contribution is 5.93. The van der Waals surface area contributed by atoms with Gasteiger partial charge in [-0.25, -0.2) is 15.0 Å². The summed E-state index contributed by atoms with van der Waals surface area (Å²) in [5.74, 6) is 0.469. The zero-order valence-corrected chi connectivity index (χ0v) is 15.6. The molecule has 142 valence electrons. The van der Waals surface area contributed by atoms with E-state index in [1.807, 2.05) is 25.4 Å². The Kier molecular flexibility index (Phi) is 5.05. The first-order valence-corrected chi connectivity index (χ1v) is 9.61. The fourth-order valence-electron chi connectivity index (χ4n) is 3.77. The molecule has 1 aliphatic carbocycles. The van der Waals surface area contributed by atoms with Crippen LogP contribution in [0.1, 0.15) is 32.1 Å². The molecule has 0 aromatic carbocycles. The van der Waals surface area contributed by atoms with Crippen molar-refractivity contribution in [3.05, 3.63) is 36.8 Å². The van der Waals surface area contributed by atoms with Crippen LogP contribution < -0.4 is 10.6 Å². The summed E-state index contributed by atoms with van der Waals surface area (Å²) in [4.78, 5) is 13.6. The molecule has 1 aliphatic rings. The molecule has 0 unspecified atom stereocenters. The van der Waals surface area contributed by atoms with Gasteiger partial charge < -0.3 is 20.3 Å². The number of anilines is 1. The molecule has 0 saturated heterocycles. The van der Waals surface area contributed by atoms with Crippen molar-refractivity contribution in [2.24, 2.45) is 0 Å². The predicted octanol–water partition coefficient (Wildman–Crippen LogP) is 2.78. The number of aromatic nitrogens is 4. The highest BCUT2D eigenvalue weighted by Crippen LogP contribution is 2.31. The van der Waals surface area contributed by atoms with Crippen LogP contribution in [0.3, 0.4) is 0 Å². The van der Waals surface area contributed by atoms with E-state index in [9.17, 15) is 5.11 Å². The number of hydrogen-bond acceptors (Lipinski definition) is 6. The van der Waals surface area contributed by atoms with Gasteiger partial charge in [0.1, 0.15) is 11.4 Å². The molecule has 3 heterocycles. The first-order chi connectivity index (χ1) is 13.2. The van der Waals surface area contributed by atoms with Crippen molar-refractivity contribution in [3.8, 4) is 11.3 Å². The van der Waals surface area contributed by atoms with Crippen LogP contribution in [0.25, 0.3) is 22.3 Å². The van der Waals surface area contributed by atoms with Crippen LogP contribution in [0, 0.1) is 0 Å². The third kappa shape index (κ3) is 3.79. The molecule has 0 spiro atoms. The molecule has 7 heteroatoms. The third-order valence-corrected chi connectivity index (χ3v) is 5.19. The van der Waals surface area contributed by atoms with Gasteiger partial charge >= 0.3 is 0 Å². The quantitative estimate of drug-likeness (QED) is 0.582. The number of fused-ring (bicyclic) bond motifs is 1. The molecule has 7 nitrogen and oxygen atoms in total. The molecule has 1 saturated carbocycles. The van der Waals surface area contributed by atoms with Gasteiger partial charge in [-0.05, 0) is 50.9 Å². The van der Waals surface area contributed by atoms with Crippen LogP contribution >= 0.6 is 0 Å². The number of pyridine rings is 1. The third-order valence-electron chi connectivity index (χ3n) is 5.19. The van der Waals surface area contributed by atoms with E-state index in [4.69, 9.17) is 0 Å². The van der Waals surface area contributed by atoms with Crippen LogP contribution in [0.4, 0.5) is 5.95 Å². The molecule has 1 fully saturated rings.